The van der Waals surface area contributed by atoms with Gasteiger partial charge in [0, 0.05) is 13.2 Å². The molecule has 0 spiro atoms. The average Bonchev–Trinajstić information content (AvgIpc) is 2.25. The summed E-state index contributed by atoms with van der Waals surface area (Å²) in [4.78, 5) is 11.1. The predicted molar refractivity (Wildman–Crippen MR) is 58.7 cm³/mol. The number of nitrogens with one attached hydrogen (secondary N) is 2. The second kappa shape index (κ2) is 11.4. The highest BCUT2D eigenvalue weighted by atomic mass is 16.5. The summed E-state index contributed by atoms with van der Waals surface area (Å²) in [6.45, 7) is 4.94. The second-order valence-corrected chi connectivity index (χ2v) is 3.22. The Morgan fingerprint density at radius 3 is 2.80 bits per heavy atom. The fraction of sp³-hybridized carbons (Fsp3) is 0.900. The number of hydrogen-bond acceptors (Lipinski definition) is 4. The molecule has 0 aliphatic rings. The van der Waals surface area contributed by atoms with Gasteiger partial charge in [-0.15, -0.1) is 0 Å². The van der Waals surface area contributed by atoms with Gasteiger partial charge in [-0.1, -0.05) is 6.92 Å². The van der Waals surface area contributed by atoms with E-state index in [1.807, 2.05) is 6.92 Å². The van der Waals surface area contributed by atoms with Gasteiger partial charge in [-0.3, -0.25) is 4.79 Å². The Bertz CT molecular complexity index is 154. The zero-order valence-corrected chi connectivity index (χ0v) is 9.42. The van der Waals surface area contributed by atoms with Crippen molar-refractivity contribution < 1.29 is 14.6 Å². The van der Waals surface area contributed by atoms with E-state index < -0.39 is 0 Å². The Balaban J connectivity index is 3.06. The van der Waals surface area contributed by atoms with Crippen LogP contribution in [0.5, 0.6) is 0 Å². The van der Waals surface area contributed by atoms with Gasteiger partial charge < -0.3 is 20.5 Å². The lowest BCUT2D eigenvalue weighted by Crippen LogP contribution is -2.34. The predicted octanol–water partition coefficient (Wildman–Crippen LogP) is -0.499. The molecule has 1 amide bonds. The summed E-state index contributed by atoms with van der Waals surface area (Å²) in [6.07, 6.45) is 1.81. The van der Waals surface area contributed by atoms with E-state index in [1.165, 1.54) is 0 Å². The highest BCUT2D eigenvalue weighted by Crippen LogP contribution is 1.80. The van der Waals surface area contributed by atoms with Gasteiger partial charge in [-0.25, -0.2) is 0 Å². The minimum atomic E-state index is 0.0353. The Labute approximate surface area is 91.2 Å². The molecule has 15 heavy (non-hydrogen) atoms. The number of rotatable bonds is 10. The van der Waals surface area contributed by atoms with E-state index in [0.29, 0.717) is 19.8 Å². The molecule has 0 saturated heterocycles. The highest BCUT2D eigenvalue weighted by molar-refractivity contribution is 5.77. The topological polar surface area (TPSA) is 70.6 Å². The number of carbonyl (C=O) groups excluding carboxylic acids is 1. The summed E-state index contributed by atoms with van der Waals surface area (Å²) in [5.41, 5.74) is 0. The van der Waals surface area contributed by atoms with Crippen molar-refractivity contribution in [3.05, 3.63) is 0 Å². The Hall–Kier alpha value is -0.650. The van der Waals surface area contributed by atoms with E-state index in [1.54, 1.807) is 0 Å². The maximum atomic E-state index is 11.1. The monoisotopic (exact) mass is 218 g/mol. The van der Waals surface area contributed by atoms with Crippen LogP contribution in [0.3, 0.4) is 0 Å². The maximum Gasteiger partial charge on any atom is 0.233 e. The summed E-state index contributed by atoms with van der Waals surface area (Å²) < 4.78 is 5.06. The molecule has 3 N–H and O–H groups in total. The molecule has 0 rings (SSSR count). The van der Waals surface area contributed by atoms with Crippen LogP contribution in [0.1, 0.15) is 19.8 Å². The standard InChI is InChI=1S/C10H22N2O3/c1-2-4-12-10(14)9-11-5-3-7-15-8-6-13/h11,13H,2-9H2,1H3,(H,12,14). The number of aliphatic hydroxyl groups excluding tert-OH is 1. The molecule has 0 bridgehead atoms. The molecule has 0 atom stereocenters. The quantitative estimate of drug-likeness (QED) is 0.432. The van der Waals surface area contributed by atoms with Gasteiger partial charge in [-0.2, -0.15) is 0 Å². The third-order valence-corrected chi connectivity index (χ3v) is 1.74. The number of amides is 1. The Morgan fingerprint density at radius 1 is 1.33 bits per heavy atom. The first kappa shape index (κ1) is 14.3. The molecule has 0 radical (unpaired) electrons. The summed E-state index contributed by atoms with van der Waals surface area (Å²) in [6, 6.07) is 0. The SMILES string of the molecule is CCCNC(=O)CNCCCOCCO. The van der Waals surface area contributed by atoms with Crippen LogP contribution in [0.4, 0.5) is 0 Å². The molecule has 0 saturated carbocycles. The van der Waals surface area contributed by atoms with Crippen molar-refractivity contribution in [3.8, 4) is 0 Å². The highest BCUT2D eigenvalue weighted by Gasteiger charge is 1.97. The molecule has 90 valence electrons. The molecule has 0 aromatic heterocycles. The minimum absolute atomic E-state index is 0.0353. The van der Waals surface area contributed by atoms with Crippen LogP contribution in [-0.4, -0.2) is 50.5 Å². The van der Waals surface area contributed by atoms with E-state index in [9.17, 15) is 4.79 Å². The number of hydrogen-bond donors (Lipinski definition) is 3. The van der Waals surface area contributed by atoms with Crippen LogP contribution in [0.15, 0.2) is 0 Å². The van der Waals surface area contributed by atoms with Crippen molar-refractivity contribution in [3.63, 3.8) is 0 Å². The molecule has 0 aliphatic carbocycles. The van der Waals surface area contributed by atoms with Crippen LogP contribution in [0, 0.1) is 0 Å². The lowest BCUT2D eigenvalue weighted by molar-refractivity contribution is -0.120. The lowest BCUT2D eigenvalue weighted by atomic mass is 10.4. The van der Waals surface area contributed by atoms with Crippen molar-refractivity contribution in [2.75, 3.05) is 39.5 Å². The fourth-order valence-electron chi connectivity index (χ4n) is 0.995. The molecule has 0 unspecified atom stereocenters. The van der Waals surface area contributed by atoms with Crippen molar-refractivity contribution >= 4 is 5.91 Å². The van der Waals surface area contributed by atoms with E-state index in [2.05, 4.69) is 10.6 Å². The third-order valence-electron chi connectivity index (χ3n) is 1.74. The first-order chi connectivity index (χ1) is 7.31. The van der Waals surface area contributed by atoms with Crippen molar-refractivity contribution in [1.29, 1.82) is 0 Å². The van der Waals surface area contributed by atoms with Gasteiger partial charge in [0.15, 0.2) is 0 Å². The summed E-state index contributed by atoms with van der Waals surface area (Å²) in [5, 5.41) is 14.2. The molecule has 5 heteroatoms. The number of ether oxygens (including phenoxy) is 1. The van der Waals surface area contributed by atoms with Crippen LogP contribution >= 0.6 is 0 Å². The zero-order valence-electron chi connectivity index (χ0n) is 9.42. The lowest BCUT2D eigenvalue weighted by Gasteiger charge is -2.05. The van der Waals surface area contributed by atoms with Crippen molar-refractivity contribution in [1.82, 2.24) is 10.6 Å². The van der Waals surface area contributed by atoms with Gasteiger partial charge in [-0.05, 0) is 19.4 Å². The third kappa shape index (κ3) is 11.3. The zero-order chi connectivity index (χ0) is 11.4. The van der Waals surface area contributed by atoms with E-state index in [-0.39, 0.29) is 12.5 Å². The van der Waals surface area contributed by atoms with Gasteiger partial charge in [0.2, 0.25) is 5.91 Å². The second-order valence-electron chi connectivity index (χ2n) is 3.22. The van der Waals surface area contributed by atoms with Crippen LogP contribution in [-0.2, 0) is 9.53 Å². The average molecular weight is 218 g/mol. The Morgan fingerprint density at radius 2 is 2.13 bits per heavy atom. The number of aliphatic hydroxyl groups is 1. The van der Waals surface area contributed by atoms with E-state index >= 15 is 0 Å². The van der Waals surface area contributed by atoms with Gasteiger partial charge in [0.05, 0.1) is 19.8 Å². The summed E-state index contributed by atoms with van der Waals surface area (Å²) in [5.74, 6) is 0.0353. The molecular weight excluding hydrogens is 196 g/mol. The number of carbonyl (C=O) groups is 1. The van der Waals surface area contributed by atoms with E-state index in [0.717, 1.165) is 25.9 Å². The normalized spacial score (nSPS) is 10.3. The van der Waals surface area contributed by atoms with Gasteiger partial charge >= 0.3 is 0 Å². The summed E-state index contributed by atoms with van der Waals surface area (Å²) in [7, 11) is 0. The Kier molecular flexibility index (Phi) is 10.9. The van der Waals surface area contributed by atoms with Crippen LogP contribution in [0.2, 0.25) is 0 Å². The molecule has 0 aromatic carbocycles. The molecule has 0 aliphatic heterocycles. The molecule has 0 aromatic rings. The maximum absolute atomic E-state index is 11.1. The molecule has 0 heterocycles. The van der Waals surface area contributed by atoms with Crippen LogP contribution < -0.4 is 10.6 Å². The van der Waals surface area contributed by atoms with Crippen LogP contribution in [0.25, 0.3) is 0 Å². The van der Waals surface area contributed by atoms with Gasteiger partial charge in [0.1, 0.15) is 0 Å². The molecule has 0 fully saturated rings. The summed E-state index contributed by atoms with van der Waals surface area (Å²) >= 11 is 0. The first-order valence-electron chi connectivity index (χ1n) is 5.47. The molecule has 5 nitrogen and oxygen atoms in total. The van der Waals surface area contributed by atoms with Gasteiger partial charge in [0.25, 0.3) is 0 Å². The fourth-order valence-corrected chi connectivity index (χ4v) is 0.995. The van der Waals surface area contributed by atoms with Crippen molar-refractivity contribution in [2.24, 2.45) is 0 Å². The smallest absolute Gasteiger partial charge is 0.233 e. The van der Waals surface area contributed by atoms with Crippen molar-refractivity contribution in [2.45, 2.75) is 19.8 Å². The first-order valence-corrected chi connectivity index (χ1v) is 5.47. The molecular formula is C10H22N2O3. The largest absolute Gasteiger partial charge is 0.394 e. The minimum Gasteiger partial charge on any atom is -0.394 e. The van der Waals surface area contributed by atoms with E-state index in [4.69, 9.17) is 9.84 Å².